The molecule has 0 aliphatic heterocycles. The normalized spacial score (nSPS) is 55.4. The van der Waals surface area contributed by atoms with Gasteiger partial charge in [-0.1, -0.05) is 37.6 Å². The minimum absolute atomic E-state index is 0.191. The van der Waals surface area contributed by atoms with Crippen molar-refractivity contribution < 1.29 is 5.11 Å². The highest BCUT2D eigenvalue weighted by atomic mass is 16.3. The Morgan fingerprint density at radius 2 is 2.00 bits per heavy atom. The second kappa shape index (κ2) is 4.45. The topological polar surface area (TPSA) is 46.2 Å². The van der Waals surface area contributed by atoms with Crippen molar-refractivity contribution in [3.63, 3.8) is 0 Å². The lowest BCUT2D eigenvalue weighted by atomic mass is 9.49. The SMILES string of the molecule is C[C@]12CC[C@H]3[C@@H](CC=C4C[C@@H](O)C=C[C@@]43C)[C@@H]1CC[C@@H]2N. The first-order chi connectivity index (χ1) is 9.95. The summed E-state index contributed by atoms with van der Waals surface area (Å²) in [6.45, 7) is 4.86. The van der Waals surface area contributed by atoms with Crippen LogP contribution in [0.2, 0.25) is 0 Å². The van der Waals surface area contributed by atoms with Crippen molar-refractivity contribution in [1.82, 2.24) is 0 Å². The predicted octanol–water partition coefficient (Wildman–Crippen LogP) is 3.41. The lowest BCUT2D eigenvalue weighted by Gasteiger charge is -2.56. The molecule has 4 rings (SSSR count). The Kier molecular flexibility index (Phi) is 2.97. The average molecular weight is 287 g/mol. The molecular weight excluding hydrogens is 258 g/mol. The zero-order chi connectivity index (χ0) is 14.8. The Morgan fingerprint density at radius 3 is 2.81 bits per heavy atom. The van der Waals surface area contributed by atoms with Crippen molar-refractivity contribution in [1.29, 1.82) is 0 Å². The summed E-state index contributed by atoms with van der Waals surface area (Å²) < 4.78 is 0. The molecule has 0 aromatic rings. The molecule has 7 atom stereocenters. The highest BCUT2D eigenvalue weighted by Gasteiger charge is 2.57. The molecule has 0 aromatic carbocycles. The van der Waals surface area contributed by atoms with Gasteiger partial charge in [-0.2, -0.15) is 0 Å². The molecule has 0 spiro atoms. The first kappa shape index (κ1) is 14.0. The summed E-state index contributed by atoms with van der Waals surface area (Å²) in [5.41, 5.74) is 8.52. The number of allylic oxidation sites excluding steroid dienone is 2. The quantitative estimate of drug-likeness (QED) is 0.671. The van der Waals surface area contributed by atoms with Crippen LogP contribution in [0.3, 0.4) is 0 Å². The minimum atomic E-state index is -0.269. The van der Waals surface area contributed by atoms with Crippen LogP contribution in [0.1, 0.15) is 52.4 Å². The number of aliphatic hydroxyl groups excluding tert-OH is 1. The third-order valence-electron chi connectivity index (χ3n) is 7.70. The minimum Gasteiger partial charge on any atom is -0.389 e. The van der Waals surface area contributed by atoms with Crippen LogP contribution in [0.25, 0.3) is 0 Å². The fourth-order valence-corrected chi connectivity index (χ4v) is 6.28. The van der Waals surface area contributed by atoms with Gasteiger partial charge >= 0.3 is 0 Å². The van der Waals surface area contributed by atoms with E-state index in [2.05, 4.69) is 26.0 Å². The van der Waals surface area contributed by atoms with Crippen LogP contribution in [-0.2, 0) is 0 Å². The smallest absolute Gasteiger partial charge is 0.0758 e. The van der Waals surface area contributed by atoms with E-state index in [1.165, 1.54) is 37.7 Å². The second-order valence-corrected chi connectivity index (χ2v) is 8.48. The summed E-state index contributed by atoms with van der Waals surface area (Å²) in [6, 6.07) is 0.408. The van der Waals surface area contributed by atoms with Gasteiger partial charge in [0.15, 0.2) is 0 Å². The average Bonchev–Trinajstić information content (AvgIpc) is 2.76. The van der Waals surface area contributed by atoms with Gasteiger partial charge < -0.3 is 10.8 Å². The monoisotopic (exact) mass is 287 g/mol. The second-order valence-electron chi connectivity index (χ2n) is 8.48. The Balaban J connectivity index is 1.71. The molecule has 2 fully saturated rings. The van der Waals surface area contributed by atoms with E-state index in [4.69, 9.17) is 5.73 Å². The summed E-state index contributed by atoms with van der Waals surface area (Å²) in [4.78, 5) is 0. The van der Waals surface area contributed by atoms with Crippen molar-refractivity contribution >= 4 is 0 Å². The molecule has 2 saturated carbocycles. The fraction of sp³-hybridized carbons (Fsp3) is 0.789. The van der Waals surface area contributed by atoms with Crippen molar-refractivity contribution in [2.45, 2.75) is 64.5 Å². The standard InChI is InChI=1S/C19H29NO/c1-18-9-7-13(21)11-12(18)3-4-14-15-5-6-17(20)19(15,2)10-8-16(14)18/h3,7,9,13-17,21H,4-6,8,10-11,20H2,1-2H3/t13-,14-,15-,16-,17-,18-,19-/m0/s1. The summed E-state index contributed by atoms with van der Waals surface area (Å²) >= 11 is 0. The highest BCUT2D eigenvalue weighted by molar-refractivity contribution is 5.32. The Morgan fingerprint density at radius 1 is 1.19 bits per heavy atom. The predicted molar refractivity (Wildman–Crippen MR) is 85.6 cm³/mol. The largest absolute Gasteiger partial charge is 0.389 e. The van der Waals surface area contributed by atoms with Crippen LogP contribution in [0.4, 0.5) is 0 Å². The molecule has 116 valence electrons. The van der Waals surface area contributed by atoms with E-state index in [1.807, 2.05) is 6.08 Å². The molecule has 0 aromatic heterocycles. The molecule has 0 bridgehead atoms. The molecule has 21 heavy (non-hydrogen) atoms. The fourth-order valence-electron chi connectivity index (χ4n) is 6.28. The Bertz CT molecular complexity index is 510. The summed E-state index contributed by atoms with van der Waals surface area (Å²) in [7, 11) is 0. The maximum atomic E-state index is 9.94. The number of nitrogens with two attached hydrogens (primary N) is 1. The van der Waals surface area contributed by atoms with Crippen LogP contribution in [0.15, 0.2) is 23.8 Å². The van der Waals surface area contributed by atoms with Crippen molar-refractivity contribution in [2.24, 2.45) is 34.3 Å². The van der Waals surface area contributed by atoms with E-state index < -0.39 is 0 Å². The summed E-state index contributed by atoms with van der Waals surface area (Å²) in [5.74, 6) is 2.36. The van der Waals surface area contributed by atoms with Gasteiger partial charge in [0, 0.05) is 11.5 Å². The van der Waals surface area contributed by atoms with Gasteiger partial charge in [0.05, 0.1) is 6.10 Å². The lowest BCUT2D eigenvalue weighted by Crippen LogP contribution is -2.51. The zero-order valence-electron chi connectivity index (χ0n) is 13.4. The number of hydrogen-bond acceptors (Lipinski definition) is 2. The Labute approximate surface area is 128 Å². The van der Waals surface area contributed by atoms with E-state index in [0.29, 0.717) is 11.5 Å². The molecule has 0 amide bonds. The van der Waals surface area contributed by atoms with Crippen LogP contribution in [0, 0.1) is 28.6 Å². The third-order valence-corrected chi connectivity index (χ3v) is 7.70. The van der Waals surface area contributed by atoms with Gasteiger partial charge in [-0.15, -0.1) is 0 Å². The molecule has 4 aliphatic rings. The molecule has 4 aliphatic carbocycles. The van der Waals surface area contributed by atoms with Crippen molar-refractivity contribution in [3.05, 3.63) is 23.8 Å². The maximum Gasteiger partial charge on any atom is 0.0758 e. The van der Waals surface area contributed by atoms with E-state index >= 15 is 0 Å². The molecule has 0 unspecified atom stereocenters. The van der Waals surface area contributed by atoms with E-state index in [0.717, 1.165) is 24.2 Å². The molecule has 2 nitrogen and oxygen atoms in total. The van der Waals surface area contributed by atoms with Gasteiger partial charge in [0.2, 0.25) is 0 Å². The van der Waals surface area contributed by atoms with Crippen molar-refractivity contribution in [2.75, 3.05) is 0 Å². The maximum absolute atomic E-state index is 9.94. The molecule has 2 heteroatoms. The number of rotatable bonds is 0. The number of fused-ring (bicyclic) bond motifs is 5. The summed E-state index contributed by atoms with van der Waals surface area (Å²) in [5, 5.41) is 9.94. The van der Waals surface area contributed by atoms with Crippen molar-refractivity contribution in [3.8, 4) is 0 Å². The van der Waals surface area contributed by atoms with Gasteiger partial charge in [0.25, 0.3) is 0 Å². The molecule has 0 heterocycles. The van der Waals surface area contributed by atoms with E-state index in [-0.39, 0.29) is 11.5 Å². The molecule has 0 radical (unpaired) electrons. The van der Waals surface area contributed by atoms with Gasteiger partial charge in [0.1, 0.15) is 0 Å². The first-order valence-electron chi connectivity index (χ1n) is 8.77. The third kappa shape index (κ3) is 1.78. The van der Waals surface area contributed by atoms with E-state index in [1.54, 1.807) is 0 Å². The lowest BCUT2D eigenvalue weighted by molar-refractivity contribution is -0.0113. The first-order valence-corrected chi connectivity index (χ1v) is 8.77. The van der Waals surface area contributed by atoms with Gasteiger partial charge in [-0.3, -0.25) is 0 Å². The van der Waals surface area contributed by atoms with Crippen LogP contribution in [0.5, 0.6) is 0 Å². The van der Waals surface area contributed by atoms with Crippen LogP contribution in [-0.4, -0.2) is 17.3 Å². The summed E-state index contributed by atoms with van der Waals surface area (Å²) in [6.07, 6.45) is 13.7. The van der Waals surface area contributed by atoms with Gasteiger partial charge in [-0.25, -0.2) is 0 Å². The molecule has 0 saturated heterocycles. The van der Waals surface area contributed by atoms with Crippen LogP contribution >= 0.6 is 0 Å². The van der Waals surface area contributed by atoms with Crippen LogP contribution < -0.4 is 5.73 Å². The number of aliphatic hydroxyl groups is 1. The molecule has 3 N–H and O–H groups in total. The number of hydrogen-bond donors (Lipinski definition) is 2. The van der Waals surface area contributed by atoms with E-state index in [9.17, 15) is 5.11 Å². The van der Waals surface area contributed by atoms with Gasteiger partial charge in [-0.05, 0) is 61.7 Å². The Hall–Kier alpha value is -0.600. The highest BCUT2D eigenvalue weighted by Crippen LogP contribution is 2.63. The zero-order valence-corrected chi connectivity index (χ0v) is 13.4. The molecular formula is C19H29NO.